The first kappa shape index (κ1) is 21.6. The molecule has 2 heterocycles. The van der Waals surface area contributed by atoms with Crippen LogP contribution in [0.15, 0.2) is 0 Å². The quantitative estimate of drug-likeness (QED) is 0.655. The van der Waals surface area contributed by atoms with E-state index < -0.39 is 0 Å². The van der Waals surface area contributed by atoms with Gasteiger partial charge < -0.3 is 14.7 Å². The molecule has 0 aromatic carbocycles. The van der Waals surface area contributed by atoms with Crippen molar-refractivity contribution >= 4 is 0 Å². The van der Waals surface area contributed by atoms with Crippen LogP contribution in [-0.2, 0) is 0 Å². The second kappa shape index (κ2) is 8.32. The zero-order chi connectivity index (χ0) is 19.8. The number of likely N-dealkylation sites (tertiary alicyclic amines) is 2. The van der Waals surface area contributed by atoms with Crippen LogP contribution in [0, 0.1) is 34.5 Å². The second-order valence-electron chi connectivity index (χ2n) is 12.0. The topological polar surface area (TPSA) is 9.72 Å². The number of likely N-dealkylation sites (N-methyl/N-ethyl adjacent to an activating group) is 1. The van der Waals surface area contributed by atoms with Gasteiger partial charge in [-0.2, -0.15) is 0 Å². The van der Waals surface area contributed by atoms with Gasteiger partial charge in [-0.15, -0.1) is 0 Å². The molecule has 2 atom stereocenters. The fraction of sp³-hybridized carbons (Fsp3) is 1.00. The minimum atomic E-state index is 0.489. The Bertz CT molecular complexity index is 461. The average molecular weight is 378 g/mol. The summed E-state index contributed by atoms with van der Waals surface area (Å²) in [5, 5.41) is 0. The van der Waals surface area contributed by atoms with Gasteiger partial charge in [0, 0.05) is 26.2 Å². The van der Waals surface area contributed by atoms with Gasteiger partial charge in [-0.1, -0.05) is 34.6 Å². The van der Waals surface area contributed by atoms with Crippen molar-refractivity contribution in [2.24, 2.45) is 34.5 Å². The molecule has 1 saturated carbocycles. The van der Waals surface area contributed by atoms with Crippen molar-refractivity contribution in [3.8, 4) is 0 Å². The summed E-state index contributed by atoms with van der Waals surface area (Å²) in [5.41, 5.74) is 0.997. The predicted molar refractivity (Wildman–Crippen MR) is 117 cm³/mol. The summed E-state index contributed by atoms with van der Waals surface area (Å²) in [7, 11) is 4.65. The number of hydrogen-bond acceptors (Lipinski definition) is 3. The summed E-state index contributed by atoms with van der Waals surface area (Å²) in [4.78, 5) is 7.86. The summed E-state index contributed by atoms with van der Waals surface area (Å²) in [6, 6.07) is 0. The first-order valence-corrected chi connectivity index (χ1v) is 11.7. The lowest BCUT2D eigenvalue weighted by atomic mass is 9.52. The van der Waals surface area contributed by atoms with E-state index in [1.807, 2.05) is 0 Å². The molecule has 3 rings (SSSR count). The molecule has 2 bridgehead atoms. The van der Waals surface area contributed by atoms with Gasteiger partial charge in [0.15, 0.2) is 0 Å². The maximum Gasteiger partial charge on any atom is 0.0109 e. The van der Waals surface area contributed by atoms with Crippen molar-refractivity contribution in [3.63, 3.8) is 0 Å². The largest absolute Gasteiger partial charge is 0.306 e. The van der Waals surface area contributed by atoms with Gasteiger partial charge in [0.05, 0.1) is 0 Å². The maximum absolute atomic E-state index is 2.70. The van der Waals surface area contributed by atoms with E-state index in [1.165, 1.54) is 71.5 Å². The number of piperidine rings is 3. The standard InChI is InChI=1S/C24H47N3/c1-23(2,3)21-8-11-27(12-9-21)15-14-25(6)13-10-24(4,5)22-19-16-20(22)18-26(7)17-19/h19-22H,8-18H2,1-7H3. The van der Waals surface area contributed by atoms with Crippen molar-refractivity contribution < 1.29 is 0 Å². The average Bonchev–Trinajstić information content (AvgIpc) is 2.57. The van der Waals surface area contributed by atoms with Gasteiger partial charge in [-0.3, -0.25) is 0 Å². The lowest BCUT2D eigenvalue weighted by molar-refractivity contribution is -0.0987. The summed E-state index contributed by atoms with van der Waals surface area (Å²) >= 11 is 0. The molecule has 158 valence electrons. The molecule has 0 spiro atoms. The summed E-state index contributed by atoms with van der Waals surface area (Å²) < 4.78 is 0. The Labute approximate surface area is 169 Å². The number of rotatable bonds is 7. The van der Waals surface area contributed by atoms with Crippen molar-refractivity contribution in [2.45, 2.75) is 60.3 Å². The molecule has 2 unspecified atom stereocenters. The van der Waals surface area contributed by atoms with Crippen LogP contribution in [-0.4, -0.2) is 74.6 Å². The second-order valence-corrected chi connectivity index (χ2v) is 12.0. The fourth-order valence-electron chi connectivity index (χ4n) is 6.49. The molecular formula is C24H47N3. The number of nitrogens with zero attached hydrogens (tertiary/aromatic N) is 3. The fourth-order valence-corrected chi connectivity index (χ4v) is 6.49. The molecule has 0 aromatic rings. The molecule has 27 heavy (non-hydrogen) atoms. The highest BCUT2D eigenvalue weighted by atomic mass is 15.2. The van der Waals surface area contributed by atoms with Gasteiger partial charge in [-0.25, -0.2) is 0 Å². The summed E-state index contributed by atoms with van der Waals surface area (Å²) in [6.45, 7) is 21.4. The van der Waals surface area contributed by atoms with E-state index >= 15 is 0 Å². The predicted octanol–water partition coefficient (Wildman–Crippen LogP) is 4.29. The Morgan fingerprint density at radius 1 is 0.926 bits per heavy atom. The van der Waals surface area contributed by atoms with Gasteiger partial charge >= 0.3 is 0 Å². The van der Waals surface area contributed by atoms with Crippen LogP contribution in [0.4, 0.5) is 0 Å². The Morgan fingerprint density at radius 3 is 2.07 bits per heavy atom. The molecule has 3 fully saturated rings. The van der Waals surface area contributed by atoms with Gasteiger partial charge in [0.25, 0.3) is 0 Å². The van der Waals surface area contributed by atoms with Crippen molar-refractivity contribution in [3.05, 3.63) is 0 Å². The zero-order valence-electron chi connectivity index (χ0n) is 19.4. The Hall–Kier alpha value is -0.120. The highest BCUT2D eigenvalue weighted by molar-refractivity contribution is 5.02. The highest BCUT2D eigenvalue weighted by Crippen LogP contribution is 2.54. The molecule has 2 saturated heterocycles. The third-order valence-corrected chi connectivity index (χ3v) is 8.36. The van der Waals surface area contributed by atoms with Crippen LogP contribution in [0.2, 0.25) is 0 Å². The Kier molecular flexibility index (Phi) is 6.65. The van der Waals surface area contributed by atoms with E-state index in [0.29, 0.717) is 10.8 Å². The van der Waals surface area contributed by atoms with Gasteiger partial charge in [-0.05, 0) is 93.9 Å². The molecule has 1 aliphatic carbocycles. The van der Waals surface area contributed by atoms with Crippen LogP contribution >= 0.6 is 0 Å². The lowest BCUT2D eigenvalue weighted by Crippen LogP contribution is -2.58. The SMILES string of the molecule is CN(CCN1CCC(C(C)(C)C)CC1)CCC(C)(C)C1C2CC1CN(C)C2. The van der Waals surface area contributed by atoms with E-state index in [1.54, 1.807) is 0 Å². The number of hydrogen-bond donors (Lipinski definition) is 0. The molecule has 0 aromatic heterocycles. The Morgan fingerprint density at radius 2 is 1.52 bits per heavy atom. The molecule has 0 N–H and O–H groups in total. The van der Waals surface area contributed by atoms with Gasteiger partial charge in [0.2, 0.25) is 0 Å². The van der Waals surface area contributed by atoms with E-state index in [2.05, 4.69) is 63.4 Å². The molecule has 3 heteroatoms. The van der Waals surface area contributed by atoms with Crippen LogP contribution in [0.1, 0.15) is 60.3 Å². The van der Waals surface area contributed by atoms with Gasteiger partial charge in [0.1, 0.15) is 0 Å². The first-order valence-electron chi connectivity index (χ1n) is 11.7. The molecule has 0 radical (unpaired) electrons. The van der Waals surface area contributed by atoms with Crippen LogP contribution in [0.3, 0.4) is 0 Å². The Balaban J connectivity index is 1.35. The van der Waals surface area contributed by atoms with Crippen LogP contribution < -0.4 is 0 Å². The molecular weight excluding hydrogens is 330 g/mol. The third-order valence-electron chi connectivity index (χ3n) is 8.36. The van der Waals surface area contributed by atoms with Crippen molar-refractivity contribution in [1.29, 1.82) is 0 Å². The third kappa shape index (κ3) is 5.28. The van der Waals surface area contributed by atoms with Crippen molar-refractivity contribution in [1.82, 2.24) is 14.7 Å². The summed E-state index contributed by atoms with van der Waals surface area (Å²) in [6.07, 6.45) is 5.63. The van der Waals surface area contributed by atoms with E-state index in [9.17, 15) is 0 Å². The smallest absolute Gasteiger partial charge is 0.0109 e. The van der Waals surface area contributed by atoms with Crippen molar-refractivity contribution in [2.75, 3.05) is 59.9 Å². The van der Waals surface area contributed by atoms with Crippen LogP contribution in [0.25, 0.3) is 0 Å². The van der Waals surface area contributed by atoms with E-state index in [4.69, 9.17) is 0 Å². The van der Waals surface area contributed by atoms with Crippen LogP contribution in [0.5, 0.6) is 0 Å². The molecule has 3 aliphatic rings. The summed E-state index contributed by atoms with van der Waals surface area (Å²) in [5.74, 6) is 3.82. The van der Waals surface area contributed by atoms with E-state index in [0.717, 1.165) is 23.7 Å². The monoisotopic (exact) mass is 377 g/mol. The molecule has 2 aliphatic heterocycles. The lowest BCUT2D eigenvalue weighted by Gasteiger charge is -2.59. The zero-order valence-corrected chi connectivity index (χ0v) is 19.4. The number of fused-ring (bicyclic) bond motifs is 2. The molecule has 3 nitrogen and oxygen atoms in total. The minimum absolute atomic E-state index is 0.489. The molecule has 0 amide bonds. The maximum atomic E-state index is 2.70. The normalized spacial score (nSPS) is 31.3. The minimum Gasteiger partial charge on any atom is -0.306 e. The first-order chi connectivity index (χ1) is 12.6. The van der Waals surface area contributed by atoms with E-state index in [-0.39, 0.29) is 0 Å². The highest BCUT2D eigenvalue weighted by Gasteiger charge is 2.51.